The summed E-state index contributed by atoms with van der Waals surface area (Å²) in [6.45, 7) is 0.490. The third-order valence-corrected chi connectivity index (χ3v) is 2.51. The molecule has 1 aliphatic rings. The topological polar surface area (TPSA) is 111 Å². The molecule has 16 heavy (non-hydrogen) atoms. The van der Waals surface area contributed by atoms with Gasteiger partial charge in [0, 0.05) is 13.7 Å². The minimum atomic E-state index is -1.13. The summed E-state index contributed by atoms with van der Waals surface area (Å²) < 4.78 is 9.70. The Morgan fingerprint density at radius 2 is 2.38 bits per heavy atom. The molecular weight excluding hydrogens is 216 g/mol. The van der Waals surface area contributed by atoms with Crippen LogP contribution in [0.25, 0.3) is 0 Å². The van der Waals surface area contributed by atoms with E-state index < -0.39 is 23.5 Å². The zero-order valence-corrected chi connectivity index (χ0v) is 9.06. The Labute approximate surface area is 92.9 Å². The van der Waals surface area contributed by atoms with Gasteiger partial charge in [0.1, 0.15) is 5.54 Å². The number of hydrogen-bond donors (Lipinski definition) is 3. The van der Waals surface area contributed by atoms with Crippen molar-refractivity contribution >= 4 is 11.9 Å². The lowest BCUT2D eigenvalue weighted by molar-refractivity contribution is -0.148. The van der Waals surface area contributed by atoms with Crippen LogP contribution in [0.3, 0.4) is 0 Å². The fraction of sp³-hybridized carbons (Fsp3) is 0.778. The highest BCUT2D eigenvalue weighted by atomic mass is 16.5. The normalized spacial score (nSPS) is 26.4. The van der Waals surface area contributed by atoms with Crippen molar-refractivity contribution in [2.24, 2.45) is 5.73 Å². The summed E-state index contributed by atoms with van der Waals surface area (Å²) in [4.78, 5) is 22.3. The first-order chi connectivity index (χ1) is 7.49. The molecule has 0 bridgehead atoms. The average Bonchev–Trinajstić information content (AvgIpc) is 2.66. The second-order valence-electron chi connectivity index (χ2n) is 3.73. The maximum absolute atomic E-state index is 11.6. The molecule has 4 N–H and O–H groups in total. The summed E-state index contributed by atoms with van der Waals surface area (Å²) in [6.07, 6.45) is -0.626. The van der Waals surface area contributed by atoms with Crippen molar-refractivity contribution in [3.63, 3.8) is 0 Å². The highest BCUT2D eigenvalue weighted by Crippen LogP contribution is 2.15. The van der Waals surface area contributed by atoms with Crippen LogP contribution >= 0.6 is 0 Å². The predicted octanol–water partition coefficient (Wildman–Crippen LogP) is -1.68. The van der Waals surface area contributed by atoms with Crippen molar-refractivity contribution in [2.75, 3.05) is 26.9 Å². The van der Waals surface area contributed by atoms with Crippen LogP contribution in [-0.2, 0) is 19.1 Å². The van der Waals surface area contributed by atoms with Crippen molar-refractivity contribution in [1.29, 1.82) is 0 Å². The molecule has 92 valence electrons. The van der Waals surface area contributed by atoms with E-state index in [0.29, 0.717) is 13.0 Å². The monoisotopic (exact) mass is 232 g/mol. The molecule has 2 atom stereocenters. The largest absolute Gasteiger partial charge is 0.479 e. The van der Waals surface area contributed by atoms with Crippen LogP contribution in [0.1, 0.15) is 6.42 Å². The Balaban J connectivity index is 2.42. The van der Waals surface area contributed by atoms with E-state index in [9.17, 15) is 9.59 Å². The van der Waals surface area contributed by atoms with Crippen molar-refractivity contribution in [2.45, 2.75) is 18.1 Å². The van der Waals surface area contributed by atoms with Crippen LogP contribution in [0, 0.1) is 0 Å². The fourth-order valence-electron chi connectivity index (χ4n) is 1.39. The number of nitrogens with one attached hydrogen (secondary N) is 1. The average molecular weight is 232 g/mol. The molecule has 1 rings (SSSR count). The van der Waals surface area contributed by atoms with Crippen LogP contribution in [0.4, 0.5) is 0 Å². The summed E-state index contributed by atoms with van der Waals surface area (Å²) in [7, 11) is 1.27. The lowest BCUT2D eigenvalue weighted by atomic mass is 9.99. The Hall–Kier alpha value is -1.18. The molecular formula is C9H16N2O5. The van der Waals surface area contributed by atoms with E-state index in [0.717, 1.165) is 0 Å². The molecule has 1 heterocycles. The summed E-state index contributed by atoms with van der Waals surface area (Å²) in [5.74, 6) is -1.54. The fourth-order valence-corrected chi connectivity index (χ4v) is 1.39. The Morgan fingerprint density at radius 1 is 1.69 bits per heavy atom. The molecule has 0 radical (unpaired) electrons. The number of methoxy groups -OCH3 is 1. The predicted molar refractivity (Wildman–Crippen MR) is 53.8 cm³/mol. The molecule has 0 aromatic rings. The molecule has 0 aromatic carbocycles. The van der Waals surface area contributed by atoms with E-state index in [2.05, 4.69) is 10.1 Å². The third kappa shape index (κ3) is 2.91. The number of carbonyl (C=O) groups is 2. The molecule has 1 fully saturated rings. The quantitative estimate of drug-likeness (QED) is 0.522. The van der Waals surface area contributed by atoms with Gasteiger partial charge < -0.3 is 25.6 Å². The van der Waals surface area contributed by atoms with E-state index in [1.165, 1.54) is 7.11 Å². The molecule has 0 aliphatic carbocycles. The summed E-state index contributed by atoms with van der Waals surface area (Å²) in [5.41, 5.74) is 4.74. The van der Waals surface area contributed by atoms with Gasteiger partial charge in [-0.2, -0.15) is 0 Å². The van der Waals surface area contributed by atoms with E-state index in [4.69, 9.17) is 15.6 Å². The second kappa shape index (κ2) is 5.24. The van der Waals surface area contributed by atoms with Gasteiger partial charge in [-0.15, -0.1) is 0 Å². The van der Waals surface area contributed by atoms with Gasteiger partial charge in [0.15, 0.2) is 6.10 Å². The second-order valence-corrected chi connectivity index (χ2v) is 3.73. The lowest BCUT2D eigenvalue weighted by Crippen LogP contribution is -2.56. The zero-order valence-electron chi connectivity index (χ0n) is 9.06. The number of carboxylic acid groups (broad SMARTS) is 1. The van der Waals surface area contributed by atoms with Gasteiger partial charge in [-0.05, 0) is 6.42 Å². The van der Waals surface area contributed by atoms with E-state index in [-0.39, 0.29) is 13.2 Å². The van der Waals surface area contributed by atoms with Crippen molar-refractivity contribution < 1.29 is 24.2 Å². The Morgan fingerprint density at radius 3 is 2.81 bits per heavy atom. The van der Waals surface area contributed by atoms with Gasteiger partial charge in [-0.1, -0.05) is 0 Å². The maximum atomic E-state index is 11.6. The lowest BCUT2D eigenvalue weighted by Gasteiger charge is -2.21. The van der Waals surface area contributed by atoms with Crippen LogP contribution in [0.2, 0.25) is 0 Å². The van der Waals surface area contributed by atoms with Crippen LogP contribution in [-0.4, -0.2) is 55.5 Å². The first kappa shape index (κ1) is 12.9. The maximum Gasteiger partial charge on any atom is 0.334 e. The number of aliphatic carboxylic acids is 1. The van der Waals surface area contributed by atoms with Crippen LogP contribution in [0.15, 0.2) is 0 Å². The van der Waals surface area contributed by atoms with Gasteiger partial charge in [-0.25, -0.2) is 4.79 Å². The molecule has 0 spiro atoms. The number of hydrogen-bond acceptors (Lipinski definition) is 5. The molecule has 7 heteroatoms. The van der Waals surface area contributed by atoms with E-state index in [1.807, 2.05) is 0 Å². The number of carbonyl (C=O) groups excluding carboxylic acids is 1. The highest BCUT2D eigenvalue weighted by molar-refractivity contribution is 5.87. The van der Waals surface area contributed by atoms with Gasteiger partial charge in [0.05, 0.1) is 13.2 Å². The standard InChI is InChI=1S/C9H16N2O5/c1-15-6(7(12)13)4-11-8(14)9(10)2-3-16-5-9/h6H,2-5,10H2,1H3,(H,11,14)(H,12,13). The summed E-state index contributed by atoms with van der Waals surface area (Å²) in [5, 5.41) is 11.1. The summed E-state index contributed by atoms with van der Waals surface area (Å²) >= 11 is 0. The Bertz CT molecular complexity index is 275. The van der Waals surface area contributed by atoms with E-state index >= 15 is 0 Å². The number of amides is 1. The number of ether oxygens (including phenoxy) is 2. The molecule has 7 nitrogen and oxygen atoms in total. The highest BCUT2D eigenvalue weighted by Gasteiger charge is 2.38. The minimum absolute atomic E-state index is 0.108. The molecule has 2 unspecified atom stereocenters. The molecule has 1 amide bonds. The number of rotatable bonds is 5. The van der Waals surface area contributed by atoms with Crippen LogP contribution < -0.4 is 11.1 Å². The van der Waals surface area contributed by atoms with Crippen molar-refractivity contribution in [1.82, 2.24) is 5.32 Å². The van der Waals surface area contributed by atoms with E-state index in [1.54, 1.807) is 0 Å². The Kier molecular flexibility index (Phi) is 4.22. The third-order valence-electron chi connectivity index (χ3n) is 2.51. The molecule has 0 aromatic heterocycles. The van der Waals surface area contributed by atoms with Gasteiger partial charge in [0.25, 0.3) is 0 Å². The molecule has 0 saturated carbocycles. The zero-order chi connectivity index (χ0) is 12.2. The van der Waals surface area contributed by atoms with Gasteiger partial charge in [0.2, 0.25) is 5.91 Å². The SMILES string of the molecule is COC(CNC(=O)C1(N)CCOC1)C(=O)O. The van der Waals surface area contributed by atoms with Crippen LogP contribution in [0.5, 0.6) is 0 Å². The van der Waals surface area contributed by atoms with Gasteiger partial charge >= 0.3 is 5.97 Å². The molecule has 1 saturated heterocycles. The first-order valence-electron chi connectivity index (χ1n) is 4.90. The summed E-state index contributed by atoms with van der Waals surface area (Å²) in [6, 6.07) is 0. The number of nitrogens with two attached hydrogens (primary N) is 1. The van der Waals surface area contributed by atoms with Gasteiger partial charge in [-0.3, -0.25) is 4.79 Å². The molecule has 1 aliphatic heterocycles. The minimum Gasteiger partial charge on any atom is -0.479 e. The van der Waals surface area contributed by atoms with Crippen molar-refractivity contribution in [3.8, 4) is 0 Å². The smallest absolute Gasteiger partial charge is 0.334 e. The van der Waals surface area contributed by atoms with Crippen molar-refractivity contribution in [3.05, 3.63) is 0 Å². The number of carboxylic acids is 1. The first-order valence-corrected chi connectivity index (χ1v) is 4.90.